The van der Waals surface area contributed by atoms with E-state index < -0.39 is 9.84 Å². The van der Waals surface area contributed by atoms with Gasteiger partial charge in [0.15, 0.2) is 9.84 Å². The van der Waals surface area contributed by atoms with Crippen LogP contribution in [-0.4, -0.2) is 51.8 Å². The monoisotopic (exact) mass is 324 g/mol. The first-order valence-electron chi connectivity index (χ1n) is 8.08. The third-order valence-electron chi connectivity index (χ3n) is 4.33. The Kier molecular flexibility index (Phi) is 6.01. The van der Waals surface area contributed by atoms with E-state index in [2.05, 4.69) is 17.3 Å². The zero-order chi connectivity index (χ0) is 16.2. The third-order valence-corrected chi connectivity index (χ3v) is 6.26. The summed E-state index contributed by atoms with van der Waals surface area (Å²) in [5, 5.41) is 3.40. The van der Waals surface area contributed by atoms with Crippen LogP contribution >= 0.6 is 0 Å². The summed E-state index contributed by atoms with van der Waals surface area (Å²) in [5.41, 5.74) is 1.08. The molecule has 2 atom stereocenters. The lowest BCUT2D eigenvalue weighted by Gasteiger charge is -2.30. The fourth-order valence-corrected chi connectivity index (χ4v) is 4.56. The summed E-state index contributed by atoms with van der Waals surface area (Å²) in [6.07, 6.45) is 2.47. The maximum absolute atomic E-state index is 12.4. The fourth-order valence-electron chi connectivity index (χ4n) is 3.04. The summed E-state index contributed by atoms with van der Waals surface area (Å²) in [5.74, 6) is 0.779. The van der Waals surface area contributed by atoms with Crippen LogP contribution in [0.15, 0.2) is 29.2 Å². The average Bonchev–Trinajstić information content (AvgIpc) is 2.45. The number of piperidine rings is 1. The summed E-state index contributed by atoms with van der Waals surface area (Å²) in [7, 11) is -1.06. The molecule has 1 aliphatic heterocycles. The van der Waals surface area contributed by atoms with E-state index in [9.17, 15) is 8.42 Å². The summed E-state index contributed by atoms with van der Waals surface area (Å²) >= 11 is 0. The molecule has 0 unspecified atom stereocenters. The fraction of sp³-hybridized carbons (Fsp3) is 0.647. The van der Waals surface area contributed by atoms with E-state index in [1.807, 2.05) is 26.0 Å². The molecule has 1 fully saturated rings. The van der Waals surface area contributed by atoms with E-state index in [0.717, 1.165) is 18.7 Å². The molecule has 2 rings (SSSR count). The van der Waals surface area contributed by atoms with Gasteiger partial charge in [-0.05, 0) is 64.9 Å². The molecule has 0 saturated carbocycles. The second kappa shape index (κ2) is 7.57. The molecule has 4 nitrogen and oxygen atoms in total. The minimum Gasteiger partial charge on any atom is -0.313 e. The van der Waals surface area contributed by atoms with Gasteiger partial charge in [-0.25, -0.2) is 8.42 Å². The number of hydrogen-bond donors (Lipinski definition) is 1. The topological polar surface area (TPSA) is 49.4 Å². The average molecular weight is 324 g/mol. The molecule has 0 spiro atoms. The molecule has 0 bridgehead atoms. The molecule has 124 valence electrons. The molecule has 1 heterocycles. The molecule has 5 heteroatoms. The summed E-state index contributed by atoms with van der Waals surface area (Å²) < 4.78 is 24.8. The van der Waals surface area contributed by atoms with Crippen molar-refractivity contribution in [2.75, 3.05) is 32.4 Å². The van der Waals surface area contributed by atoms with Crippen LogP contribution in [0.1, 0.15) is 25.3 Å². The van der Waals surface area contributed by atoms with Crippen molar-refractivity contribution in [3.8, 4) is 0 Å². The largest absolute Gasteiger partial charge is 0.313 e. The number of aryl methyl sites for hydroxylation is 1. The number of nitrogens with one attached hydrogen (secondary N) is 1. The molecule has 0 radical (unpaired) electrons. The van der Waals surface area contributed by atoms with Gasteiger partial charge in [-0.3, -0.25) is 0 Å². The lowest BCUT2D eigenvalue weighted by Crippen LogP contribution is -2.41. The Morgan fingerprint density at radius 3 is 2.64 bits per heavy atom. The summed E-state index contributed by atoms with van der Waals surface area (Å²) in [6, 6.07) is 7.07. The lowest BCUT2D eigenvalue weighted by atomic mass is 9.98. The Balaban J connectivity index is 1.85. The van der Waals surface area contributed by atoms with Crippen LogP contribution in [0.25, 0.3) is 0 Å². The SMILES string of the molecule is Cc1ccc(S(=O)(=O)C[C@H](C)NC[C@@H]2CCCN(C)C2)cc1. The number of hydrogen-bond acceptors (Lipinski definition) is 4. The van der Waals surface area contributed by atoms with Crippen LogP contribution in [0.2, 0.25) is 0 Å². The number of nitrogens with zero attached hydrogens (tertiary/aromatic N) is 1. The zero-order valence-electron chi connectivity index (χ0n) is 13.9. The Hall–Kier alpha value is -0.910. The van der Waals surface area contributed by atoms with Gasteiger partial charge in [0, 0.05) is 12.6 Å². The molecule has 1 aromatic rings. The third kappa shape index (κ3) is 5.07. The molecule has 1 aromatic carbocycles. The number of sulfone groups is 1. The lowest BCUT2D eigenvalue weighted by molar-refractivity contribution is 0.204. The molecule has 1 aliphatic rings. The quantitative estimate of drug-likeness (QED) is 0.870. The van der Waals surface area contributed by atoms with Gasteiger partial charge in [-0.15, -0.1) is 0 Å². The number of likely N-dealkylation sites (tertiary alicyclic amines) is 1. The highest BCUT2D eigenvalue weighted by Crippen LogP contribution is 2.15. The van der Waals surface area contributed by atoms with Crippen molar-refractivity contribution in [3.63, 3.8) is 0 Å². The highest BCUT2D eigenvalue weighted by Gasteiger charge is 2.21. The Morgan fingerprint density at radius 2 is 2.00 bits per heavy atom. The highest BCUT2D eigenvalue weighted by atomic mass is 32.2. The van der Waals surface area contributed by atoms with Crippen molar-refractivity contribution < 1.29 is 8.42 Å². The Morgan fingerprint density at radius 1 is 1.32 bits per heavy atom. The van der Waals surface area contributed by atoms with Crippen molar-refractivity contribution in [1.82, 2.24) is 10.2 Å². The van der Waals surface area contributed by atoms with Gasteiger partial charge in [0.25, 0.3) is 0 Å². The van der Waals surface area contributed by atoms with E-state index >= 15 is 0 Å². The van der Waals surface area contributed by atoms with E-state index in [-0.39, 0.29) is 11.8 Å². The Bertz CT molecular complexity index is 569. The molecular formula is C17H28N2O2S. The minimum atomic E-state index is -3.21. The minimum absolute atomic E-state index is 0.0291. The molecule has 22 heavy (non-hydrogen) atoms. The van der Waals surface area contributed by atoms with Crippen LogP contribution in [-0.2, 0) is 9.84 Å². The smallest absolute Gasteiger partial charge is 0.179 e. The molecule has 1 saturated heterocycles. The second-order valence-corrected chi connectivity index (χ2v) is 8.71. The summed E-state index contributed by atoms with van der Waals surface area (Å²) in [6.45, 7) is 7.09. The van der Waals surface area contributed by atoms with Crippen molar-refractivity contribution in [2.24, 2.45) is 5.92 Å². The van der Waals surface area contributed by atoms with E-state index in [1.54, 1.807) is 12.1 Å². The van der Waals surface area contributed by atoms with Gasteiger partial charge in [0.05, 0.1) is 10.6 Å². The number of benzene rings is 1. The van der Waals surface area contributed by atoms with Crippen LogP contribution in [0, 0.1) is 12.8 Å². The first-order chi connectivity index (χ1) is 10.4. The van der Waals surface area contributed by atoms with E-state index in [0.29, 0.717) is 10.8 Å². The van der Waals surface area contributed by atoms with Crippen molar-refractivity contribution in [2.45, 2.75) is 37.6 Å². The molecule has 0 amide bonds. The zero-order valence-corrected chi connectivity index (χ0v) is 14.7. The maximum Gasteiger partial charge on any atom is 0.179 e. The van der Waals surface area contributed by atoms with Crippen molar-refractivity contribution >= 4 is 9.84 Å². The molecule has 1 N–H and O–H groups in total. The van der Waals surface area contributed by atoms with Gasteiger partial charge >= 0.3 is 0 Å². The van der Waals surface area contributed by atoms with Crippen LogP contribution in [0.3, 0.4) is 0 Å². The normalized spacial score (nSPS) is 21.7. The van der Waals surface area contributed by atoms with Gasteiger partial charge in [0.2, 0.25) is 0 Å². The van der Waals surface area contributed by atoms with Crippen molar-refractivity contribution in [3.05, 3.63) is 29.8 Å². The molecule has 0 aliphatic carbocycles. The first kappa shape index (κ1) is 17.4. The van der Waals surface area contributed by atoms with Crippen LogP contribution < -0.4 is 5.32 Å². The Labute approximate surface area is 134 Å². The van der Waals surface area contributed by atoms with E-state index in [1.165, 1.54) is 19.4 Å². The van der Waals surface area contributed by atoms with Crippen LogP contribution in [0.5, 0.6) is 0 Å². The van der Waals surface area contributed by atoms with Gasteiger partial charge in [-0.1, -0.05) is 17.7 Å². The van der Waals surface area contributed by atoms with Gasteiger partial charge < -0.3 is 10.2 Å². The first-order valence-corrected chi connectivity index (χ1v) is 9.73. The molecule has 0 aromatic heterocycles. The maximum atomic E-state index is 12.4. The van der Waals surface area contributed by atoms with Gasteiger partial charge in [-0.2, -0.15) is 0 Å². The highest BCUT2D eigenvalue weighted by molar-refractivity contribution is 7.91. The van der Waals surface area contributed by atoms with Crippen molar-refractivity contribution in [1.29, 1.82) is 0 Å². The summed E-state index contributed by atoms with van der Waals surface area (Å²) in [4.78, 5) is 2.77. The predicted octanol–water partition coefficient (Wildman–Crippen LogP) is 2.09. The predicted molar refractivity (Wildman–Crippen MR) is 90.9 cm³/mol. The molecular weight excluding hydrogens is 296 g/mol. The second-order valence-electron chi connectivity index (χ2n) is 6.67. The van der Waals surface area contributed by atoms with Gasteiger partial charge in [0.1, 0.15) is 0 Å². The number of rotatable bonds is 6. The van der Waals surface area contributed by atoms with E-state index in [4.69, 9.17) is 0 Å². The van der Waals surface area contributed by atoms with Crippen LogP contribution in [0.4, 0.5) is 0 Å². The standard InChI is InChI=1S/C17H28N2O2S/c1-14-6-8-17(9-7-14)22(20,21)13-15(2)18-11-16-5-4-10-19(3)12-16/h6-9,15-16,18H,4-5,10-13H2,1-3H3/t15-,16-/m0/s1.